The van der Waals surface area contributed by atoms with Crippen LogP contribution in [0.5, 0.6) is 0 Å². The number of benzene rings is 1. The molecule has 2 rings (SSSR count). The molecule has 3 heteroatoms. The van der Waals surface area contributed by atoms with Gasteiger partial charge in [0.25, 0.3) is 0 Å². The lowest BCUT2D eigenvalue weighted by Gasteiger charge is -2.09. The molecule has 1 aliphatic carbocycles. The summed E-state index contributed by atoms with van der Waals surface area (Å²) in [6.07, 6.45) is 4.54. The van der Waals surface area contributed by atoms with Crippen LogP contribution >= 0.6 is 0 Å². The average Bonchev–Trinajstić information content (AvgIpc) is 3.14. The minimum Gasteiger partial charge on any atom is -0.445 e. The SMILES string of the molecule is C=CCc1ccc(C)c(COC(=O)NC2CC2)c1. The van der Waals surface area contributed by atoms with Crippen molar-refractivity contribution in [3.8, 4) is 0 Å². The van der Waals surface area contributed by atoms with E-state index < -0.39 is 0 Å². The standard InChI is InChI=1S/C15H19NO2/c1-3-4-12-6-5-11(2)13(9-12)10-18-15(17)16-14-7-8-14/h3,5-6,9,14H,1,4,7-8,10H2,2H3,(H,16,17). The van der Waals surface area contributed by atoms with Gasteiger partial charge < -0.3 is 10.1 Å². The van der Waals surface area contributed by atoms with Gasteiger partial charge in [0.15, 0.2) is 0 Å². The number of nitrogens with one attached hydrogen (secondary N) is 1. The number of ether oxygens (including phenoxy) is 1. The summed E-state index contributed by atoms with van der Waals surface area (Å²) in [7, 11) is 0. The van der Waals surface area contributed by atoms with Crippen LogP contribution in [0.2, 0.25) is 0 Å². The Hall–Kier alpha value is -1.77. The Bertz CT molecular complexity index is 450. The van der Waals surface area contributed by atoms with Crippen LogP contribution in [0, 0.1) is 6.92 Å². The summed E-state index contributed by atoms with van der Waals surface area (Å²) < 4.78 is 5.22. The van der Waals surface area contributed by atoms with Crippen molar-refractivity contribution < 1.29 is 9.53 Å². The molecule has 1 N–H and O–H groups in total. The van der Waals surface area contributed by atoms with E-state index >= 15 is 0 Å². The Morgan fingerprint density at radius 1 is 1.56 bits per heavy atom. The number of alkyl carbamates (subject to hydrolysis) is 1. The molecule has 0 unspecified atom stereocenters. The van der Waals surface area contributed by atoms with E-state index in [1.807, 2.05) is 13.0 Å². The van der Waals surface area contributed by atoms with Gasteiger partial charge >= 0.3 is 6.09 Å². The van der Waals surface area contributed by atoms with Crippen molar-refractivity contribution in [1.82, 2.24) is 5.32 Å². The first-order valence-electron chi connectivity index (χ1n) is 6.31. The van der Waals surface area contributed by atoms with Gasteiger partial charge in [-0.1, -0.05) is 24.3 Å². The number of carbonyl (C=O) groups excluding carboxylic acids is 1. The third kappa shape index (κ3) is 3.62. The zero-order valence-electron chi connectivity index (χ0n) is 10.7. The summed E-state index contributed by atoms with van der Waals surface area (Å²) in [5.74, 6) is 0. The second kappa shape index (κ2) is 5.71. The molecule has 1 fully saturated rings. The number of aryl methyl sites for hydroxylation is 1. The predicted octanol–water partition coefficient (Wildman–Crippen LogP) is 3.11. The van der Waals surface area contributed by atoms with Crippen LogP contribution in [0.4, 0.5) is 4.79 Å². The number of rotatable bonds is 5. The fourth-order valence-corrected chi connectivity index (χ4v) is 1.75. The average molecular weight is 245 g/mol. The van der Waals surface area contributed by atoms with Crippen molar-refractivity contribution in [3.63, 3.8) is 0 Å². The van der Waals surface area contributed by atoms with E-state index in [4.69, 9.17) is 4.74 Å². The molecule has 1 amide bonds. The molecule has 0 radical (unpaired) electrons. The van der Waals surface area contributed by atoms with Crippen LogP contribution < -0.4 is 5.32 Å². The van der Waals surface area contributed by atoms with E-state index in [1.54, 1.807) is 0 Å². The van der Waals surface area contributed by atoms with Gasteiger partial charge in [0.1, 0.15) is 6.61 Å². The Kier molecular flexibility index (Phi) is 4.03. The first kappa shape index (κ1) is 12.7. The summed E-state index contributed by atoms with van der Waals surface area (Å²) in [5.41, 5.74) is 3.39. The maximum absolute atomic E-state index is 11.4. The molecule has 1 aliphatic rings. The van der Waals surface area contributed by atoms with Crippen LogP contribution in [0.25, 0.3) is 0 Å². The lowest BCUT2D eigenvalue weighted by molar-refractivity contribution is 0.139. The lowest BCUT2D eigenvalue weighted by atomic mass is 10.0. The molecule has 0 saturated heterocycles. The summed E-state index contributed by atoms with van der Waals surface area (Å²) >= 11 is 0. The van der Waals surface area contributed by atoms with E-state index in [1.165, 1.54) is 5.56 Å². The highest BCUT2D eigenvalue weighted by Gasteiger charge is 2.23. The van der Waals surface area contributed by atoms with Crippen molar-refractivity contribution in [2.75, 3.05) is 0 Å². The molecule has 1 aromatic rings. The van der Waals surface area contributed by atoms with Gasteiger partial charge in [0.2, 0.25) is 0 Å². The van der Waals surface area contributed by atoms with Crippen molar-refractivity contribution >= 4 is 6.09 Å². The maximum atomic E-state index is 11.4. The molecular formula is C15H19NO2. The van der Waals surface area contributed by atoms with Crippen molar-refractivity contribution in [2.45, 2.75) is 38.8 Å². The summed E-state index contributed by atoms with van der Waals surface area (Å²) in [6.45, 7) is 6.08. The smallest absolute Gasteiger partial charge is 0.407 e. The molecule has 18 heavy (non-hydrogen) atoms. The quantitative estimate of drug-likeness (QED) is 0.809. The van der Waals surface area contributed by atoms with Crippen molar-refractivity contribution in [3.05, 3.63) is 47.5 Å². The maximum Gasteiger partial charge on any atom is 0.407 e. The van der Waals surface area contributed by atoms with E-state index in [0.717, 1.165) is 30.4 Å². The largest absolute Gasteiger partial charge is 0.445 e. The first-order valence-corrected chi connectivity index (χ1v) is 6.31. The van der Waals surface area contributed by atoms with Gasteiger partial charge in [-0.25, -0.2) is 4.79 Å². The normalized spacial score (nSPS) is 14.1. The second-order valence-corrected chi connectivity index (χ2v) is 4.75. The number of allylic oxidation sites excluding steroid dienone is 1. The Labute approximate surface area is 108 Å². The number of hydrogen-bond donors (Lipinski definition) is 1. The van der Waals surface area contributed by atoms with Gasteiger partial charge in [-0.2, -0.15) is 0 Å². The summed E-state index contributed by atoms with van der Waals surface area (Å²) in [5, 5.41) is 2.81. The molecule has 3 nitrogen and oxygen atoms in total. The number of hydrogen-bond acceptors (Lipinski definition) is 2. The second-order valence-electron chi connectivity index (χ2n) is 4.75. The third-order valence-corrected chi connectivity index (χ3v) is 3.05. The molecule has 1 saturated carbocycles. The van der Waals surface area contributed by atoms with Crippen LogP contribution in [-0.2, 0) is 17.8 Å². The molecule has 96 valence electrons. The zero-order chi connectivity index (χ0) is 13.0. The van der Waals surface area contributed by atoms with Crippen LogP contribution in [0.3, 0.4) is 0 Å². The molecule has 0 heterocycles. The summed E-state index contributed by atoms with van der Waals surface area (Å²) in [4.78, 5) is 11.4. The van der Waals surface area contributed by atoms with Crippen molar-refractivity contribution in [1.29, 1.82) is 0 Å². The van der Waals surface area contributed by atoms with Crippen LogP contribution in [-0.4, -0.2) is 12.1 Å². The highest BCUT2D eigenvalue weighted by atomic mass is 16.5. The van der Waals surface area contributed by atoms with E-state index in [9.17, 15) is 4.79 Å². The van der Waals surface area contributed by atoms with Crippen molar-refractivity contribution in [2.24, 2.45) is 0 Å². The number of carbonyl (C=O) groups is 1. The summed E-state index contributed by atoms with van der Waals surface area (Å²) in [6, 6.07) is 6.54. The number of amides is 1. The van der Waals surface area contributed by atoms with Crippen LogP contribution in [0.1, 0.15) is 29.5 Å². The van der Waals surface area contributed by atoms with E-state index in [0.29, 0.717) is 12.6 Å². The highest BCUT2D eigenvalue weighted by molar-refractivity contribution is 5.68. The minimum atomic E-state index is -0.314. The topological polar surface area (TPSA) is 38.3 Å². The van der Waals surface area contributed by atoms with E-state index in [2.05, 4.69) is 30.1 Å². The van der Waals surface area contributed by atoms with Gasteiger partial charge in [0, 0.05) is 6.04 Å². The molecule has 1 aromatic carbocycles. The Balaban J connectivity index is 1.91. The molecule has 0 atom stereocenters. The van der Waals surface area contributed by atoms with Crippen LogP contribution in [0.15, 0.2) is 30.9 Å². The minimum absolute atomic E-state index is 0.314. The Morgan fingerprint density at radius 2 is 2.33 bits per heavy atom. The molecule has 0 aliphatic heterocycles. The van der Waals surface area contributed by atoms with Gasteiger partial charge in [-0.15, -0.1) is 6.58 Å². The monoisotopic (exact) mass is 245 g/mol. The predicted molar refractivity (Wildman–Crippen MR) is 71.4 cm³/mol. The van der Waals surface area contributed by atoms with Gasteiger partial charge in [0.05, 0.1) is 0 Å². The fraction of sp³-hybridized carbons (Fsp3) is 0.400. The molecule has 0 aromatic heterocycles. The Morgan fingerprint density at radius 3 is 3.00 bits per heavy atom. The zero-order valence-corrected chi connectivity index (χ0v) is 10.7. The van der Waals surface area contributed by atoms with E-state index in [-0.39, 0.29) is 6.09 Å². The molecule has 0 spiro atoms. The highest BCUT2D eigenvalue weighted by Crippen LogP contribution is 2.19. The lowest BCUT2D eigenvalue weighted by Crippen LogP contribution is -2.26. The van der Waals surface area contributed by atoms with Gasteiger partial charge in [-0.05, 0) is 42.9 Å². The fourth-order valence-electron chi connectivity index (χ4n) is 1.75. The molecule has 0 bridgehead atoms. The van der Waals surface area contributed by atoms with Gasteiger partial charge in [-0.3, -0.25) is 0 Å². The third-order valence-electron chi connectivity index (χ3n) is 3.05. The first-order chi connectivity index (χ1) is 8.69. The molecular weight excluding hydrogens is 226 g/mol.